The van der Waals surface area contributed by atoms with Crippen LogP contribution in [-0.4, -0.2) is 0 Å². The largest absolute Gasteiger partial charge is 0.457 e. The minimum atomic E-state index is -0.483. The molecule has 2 aliphatic rings. The lowest BCUT2D eigenvalue weighted by atomic mass is 9.66. The highest BCUT2D eigenvalue weighted by Crippen LogP contribution is 2.62. The number of furan rings is 1. The predicted octanol–water partition coefficient (Wildman–Crippen LogP) is 15.5. The quantitative estimate of drug-likeness (QED) is 0.178. The van der Waals surface area contributed by atoms with Gasteiger partial charge in [-0.2, -0.15) is 0 Å². The van der Waals surface area contributed by atoms with E-state index in [4.69, 9.17) is 9.15 Å². The van der Waals surface area contributed by atoms with Gasteiger partial charge in [0.05, 0.1) is 16.8 Å². The molecule has 280 valence electrons. The second kappa shape index (κ2) is 12.6. The number of ether oxygens (including phenoxy) is 1. The number of benzene rings is 10. The summed E-state index contributed by atoms with van der Waals surface area (Å²) in [6, 6.07) is 76.5. The number of para-hydroxylation sites is 2. The molecule has 0 bridgehead atoms. The lowest BCUT2D eigenvalue weighted by molar-refractivity contribution is 0.436. The SMILES string of the molecule is c1ccc2c(c1)Oc1cc(-c3ccc(N(c4cccc5ccccc45)c4cccc5c4oc4c6ccccc6ccc54)cc3)ccc1C21c2ccccc2-c2ccccc21. The third kappa shape index (κ3) is 4.54. The van der Waals surface area contributed by atoms with Gasteiger partial charge >= 0.3 is 0 Å². The molecule has 3 nitrogen and oxygen atoms in total. The van der Waals surface area contributed by atoms with Gasteiger partial charge in [-0.1, -0.05) is 170 Å². The molecular formula is C57H35NO2. The maximum Gasteiger partial charge on any atom is 0.159 e. The molecule has 0 N–H and O–H groups in total. The maximum atomic E-state index is 6.93. The average Bonchev–Trinajstić information content (AvgIpc) is 3.84. The van der Waals surface area contributed by atoms with Gasteiger partial charge in [0.1, 0.15) is 17.1 Å². The van der Waals surface area contributed by atoms with E-state index in [9.17, 15) is 0 Å². The van der Waals surface area contributed by atoms with E-state index in [0.717, 1.165) is 78.0 Å². The molecule has 1 aliphatic heterocycles. The summed E-state index contributed by atoms with van der Waals surface area (Å²) >= 11 is 0. The van der Waals surface area contributed by atoms with Crippen LogP contribution in [0.3, 0.4) is 0 Å². The van der Waals surface area contributed by atoms with Crippen LogP contribution in [0.25, 0.3) is 65.7 Å². The van der Waals surface area contributed by atoms with Crippen molar-refractivity contribution < 1.29 is 9.15 Å². The van der Waals surface area contributed by atoms with Gasteiger partial charge in [-0.15, -0.1) is 0 Å². The van der Waals surface area contributed by atoms with Gasteiger partial charge in [-0.05, 0) is 86.6 Å². The summed E-state index contributed by atoms with van der Waals surface area (Å²) in [5.41, 5.74) is 14.1. The van der Waals surface area contributed by atoms with E-state index >= 15 is 0 Å². The van der Waals surface area contributed by atoms with E-state index in [1.54, 1.807) is 0 Å². The highest BCUT2D eigenvalue weighted by Gasteiger charge is 2.50. The van der Waals surface area contributed by atoms with Gasteiger partial charge < -0.3 is 14.1 Å². The summed E-state index contributed by atoms with van der Waals surface area (Å²) in [5, 5.41) is 6.83. The fourth-order valence-corrected chi connectivity index (χ4v) is 10.3. The Bertz CT molecular complexity index is 3490. The molecule has 60 heavy (non-hydrogen) atoms. The first-order valence-corrected chi connectivity index (χ1v) is 20.6. The fourth-order valence-electron chi connectivity index (χ4n) is 10.3. The summed E-state index contributed by atoms with van der Waals surface area (Å²) in [4.78, 5) is 2.35. The lowest BCUT2D eigenvalue weighted by Crippen LogP contribution is -2.32. The average molecular weight is 766 g/mol. The molecule has 11 aromatic rings. The zero-order valence-corrected chi connectivity index (χ0v) is 32.5. The Balaban J connectivity index is 0.971. The van der Waals surface area contributed by atoms with E-state index in [1.807, 2.05) is 0 Å². The molecule has 0 atom stereocenters. The minimum absolute atomic E-state index is 0.483. The number of nitrogens with zero attached hydrogens (tertiary/aromatic N) is 1. The van der Waals surface area contributed by atoms with Crippen LogP contribution in [0.1, 0.15) is 22.3 Å². The number of anilines is 3. The molecular weight excluding hydrogens is 731 g/mol. The summed E-state index contributed by atoms with van der Waals surface area (Å²) in [6.45, 7) is 0. The second-order valence-electron chi connectivity index (χ2n) is 16.0. The Kier molecular flexibility index (Phi) is 6.93. The Morgan fingerprint density at radius 1 is 0.350 bits per heavy atom. The van der Waals surface area contributed by atoms with Crippen LogP contribution in [0.5, 0.6) is 11.5 Å². The molecule has 3 heteroatoms. The fraction of sp³-hybridized carbons (Fsp3) is 0.0175. The number of hydrogen-bond donors (Lipinski definition) is 0. The van der Waals surface area contributed by atoms with E-state index < -0.39 is 5.41 Å². The third-order valence-electron chi connectivity index (χ3n) is 12.9. The molecule has 1 aliphatic carbocycles. The van der Waals surface area contributed by atoms with Crippen LogP contribution in [-0.2, 0) is 5.41 Å². The van der Waals surface area contributed by atoms with Crippen LogP contribution >= 0.6 is 0 Å². The van der Waals surface area contributed by atoms with Crippen molar-refractivity contribution in [1.29, 1.82) is 0 Å². The van der Waals surface area contributed by atoms with Crippen molar-refractivity contribution in [1.82, 2.24) is 0 Å². The van der Waals surface area contributed by atoms with Crippen LogP contribution in [0.2, 0.25) is 0 Å². The molecule has 0 radical (unpaired) electrons. The molecule has 0 unspecified atom stereocenters. The minimum Gasteiger partial charge on any atom is -0.457 e. The standard InChI is InChI=1S/C57H35NO2/c1-3-16-41-37(13-1)15-11-24-51(41)58(52-25-12-20-45-46-33-29-38-14-2-4-17-42(38)55(46)60-56(45)52)40-31-27-36(28-32-40)39-30-34-50-54(35-39)59-53-26-10-9-23-49(53)57(50)47-21-7-5-18-43(47)44-19-6-8-22-48(44)57/h1-35H. The summed E-state index contributed by atoms with van der Waals surface area (Å²) in [5.74, 6) is 1.77. The van der Waals surface area contributed by atoms with Crippen molar-refractivity contribution >= 4 is 60.5 Å². The normalized spacial score (nSPS) is 13.3. The van der Waals surface area contributed by atoms with Crippen LogP contribution in [0, 0.1) is 0 Å². The van der Waals surface area contributed by atoms with Crippen LogP contribution in [0.15, 0.2) is 217 Å². The molecule has 0 saturated carbocycles. The number of hydrogen-bond acceptors (Lipinski definition) is 3. The summed E-state index contributed by atoms with van der Waals surface area (Å²) in [7, 11) is 0. The Morgan fingerprint density at radius 3 is 1.72 bits per heavy atom. The van der Waals surface area contributed by atoms with Gasteiger partial charge in [0, 0.05) is 38.4 Å². The molecule has 2 heterocycles. The molecule has 0 fully saturated rings. The zero-order chi connectivity index (χ0) is 39.4. The highest BCUT2D eigenvalue weighted by atomic mass is 16.5. The Labute approximate surface area is 347 Å². The number of rotatable bonds is 4. The smallest absolute Gasteiger partial charge is 0.159 e. The first kappa shape index (κ1) is 33.1. The maximum absolute atomic E-state index is 6.93. The topological polar surface area (TPSA) is 25.6 Å². The summed E-state index contributed by atoms with van der Waals surface area (Å²) < 4.78 is 13.8. The first-order valence-electron chi connectivity index (χ1n) is 20.6. The van der Waals surface area contributed by atoms with Crippen molar-refractivity contribution in [3.63, 3.8) is 0 Å². The van der Waals surface area contributed by atoms with Crippen LogP contribution < -0.4 is 9.64 Å². The second-order valence-corrected chi connectivity index (χ2v) is 16.0. The monoisotopic (exact) mass is 765 g/mol. The van der Waals surface area contributed by atoms with E-state index in [0.29, 0.717) is 0 Å². The molecule has 0 saturated heterocycles. The van der Waals surface area contributed by atoms with Crippen molar-refractivity contribution in [3.05, 3.63) is 235 Å². The van der Waals surface area contributed by atoms with Crippen molar-refractivity contribution in [2.24, 2.45) is 0 Å². The Hall–Kier alpha value is -7.88. The van der Waals surface area contributed by atoms with Crippen molar-refractivity contribution in [2.45, 2.75) is 5.41 Å². The summed E-state index contributed by atoms with van der Waals surface area (Å²) in [6.07, 6.45) is 0. The third-order valence-corrected chi connectivity index (χ3v) is 12.9. The highest BCUT2D eigenvalue weighted by molar-refractivity contribution is 6.18. The van der Waals surface area contributed by atoms with Crippen molar-refractivity contribution in [2.75, 3.05) is 4.90 Å². The molecule has 1 spiro atoms. The Morgan fingerprint density at radius 2 is 0.917 bits per heavy atom. The molecule has 0 amide bonds. The van der Waals surface area contributed by atoms with Gasteiger partial charge in [0.15, 0.2) is 5.58 Å². The number of fused-ring (bicyclic) bond motifs is 15. The molecule has 1 aromatic heterocycles. The van der Waals surface area contributed by atoms with Gasteiger partial charge in [0.2, 0.25) is 0 Å². The van der Waals surface area contributed by atoms with E-state index in [2.05, 4.69) is 217 Å². The van der Waals surface area contributed by atoms with E-state index in [-0.39, 0.29) is 0 Å². The van der Waals surface area contributed by atoms with Gasteiger partial charge in [-0.25, -0.2) is 0 Å². The van der Waals surface area contributed by atoms with E-state index in [1.165, 1.54) is 38.6 Å². The molecule has 10 aromatic carbocycles. The first-order chi connectivity index (χ1) is 29.8. The van der Waals surface area contributed by atoms with Gasteiger partial charge in [-0.3, -0.25) is 0 Å². The van der Waals surface area contributed by atoms with Gasteiger partial charge in [0.25, 0.3) is 0 Å². The zero-order valence-electron chi connectivity index (χ0n) is 32.5. The lowest BCUT2D eigenvalue weighted by Gasteiger charge is -2.39. The van der Waals surface area contributed by atoms with Crippen molar-refractivity contribution in [3.8, 4) is 33.8 Å². The predicted molar refractivity (Wildman–Crippen MR) is 246 cm³/mol. The molecule has 13 rings (SSSR count). The van der Waals surface area contributed by atoms with Crippen LogP contribution in [0.4, 0.5) is 17.1 Å².